The molecular weight excluding hydrogens is 477 g/mol. The van der Waals surface area contributed by atoms with Crippen LogP contribution in [0.5, 0.6) is 0 Å². The van der Waals surface area contributed by atoms with Gasteiger partial charge in [0.25, 0.3) is 5.66 Å². The lowest BCUT2D eigenvalue weighted by Gasteiger charge is -2.11. The van der Waals surface area contributed by atoms with Crippen molar-refractivity contribution in [1.29, 1.82) is 0 Å². The van der Waals surface area contributed by atoms with E-state index in [9.17, 15) is 13.6 Å². The number of benzene rings is 2. The second-order valence-electron chi connectivity index (χ2n) is 7.67. The lowest BCUT2D eigenvalue weighted by Crippen LogP contribution is -2.04. The first-order valence-electron chi connectivity index (χ1n) is 10.8. The van der Waals surface area contributed by atoms with Crippen molar-refractivity contribution in [1.82, 2.24) is 4.98 Å². The number of thiazole rings is 1. The summed E-state index contributed by atoms with van der Waals surface area (Å²) in [6.45, 7) is 1.11. The lowest BCUT2D eigenvalue weighted by atomic mass is 10.1. The van der Waals surface area contributed by atoms with Crippen LogP contribution in [0.15, 0.2) is 42.5 Å². The number of anilines is 2. The molecule has 10 heteroatoms. The van der Waals surface area contributed by atoms with Crippen LogP contribution in [0.3, 0.4) is 0 Å². The SMILES string of the molecule is CN.COCc1nc(NCCCc2ccc(C(F)(F)P)cc2)sc1-c1ccc2c(c1)CC(=O)N2. The van der Waals surface area contributed by atoms with Crippen molar-refractivity contribution in [2.24, 2.45) is 5.73 Å². The highest BCUT2D eigenvalue weighted by atomic mass is 32.1. The van der Waals surface area contributed by atoms with E-state index in [1.807, 2.05) is 18.2 Å². The largest absolute Gasteiger partial charge is 0.378 e. The van der Waals surface area contributed by atoms with Gasteiger partial charge in [-0.2, -0.15) is 8.78 Å². The van der Waals surface area contributed by atoms with Crippen LogP contribution >= 0.6 is 20.6 Å². The van der Waals surface area contributed by atoms with Crippen molar-refractivity contribution >= 4 is 37.3 Å². The van der Waals surface area contributed by atoms with Crippen LogP contribution in [-0.2, 0) is 34.6 Å². The molecule has 2 heterocycles. The Hall–Kier alpha value is -2.45. The smallest absolute Gasteiger partial charge is 0.283 e. The zero-order chi connectivity index (χ0) is 24.7. The normalized spacial score (nSPS) is 12.6. The molecule has 6 nitrogen and oxygen atoms in total. The maximum absolute atomic E-state index is 13.3. The minimum Gasteiger partial charge on any atom is -0.378 e. The van der Waals surface area contributed by atoms with E-state index in [-0.39, 0.29) is 11.5 Å². The molecule has 182 valence electrons. The summed E-state index contributed by atoms with van der Waals surface area (Å²) in [6, 6.07) is 12.4. The Bertz CT molecular complexity index is 1120. The molecule has 1 aliphatic heterocycles. The summed E-state index contributed by atoms with van der Waals surface area (Å²) >= 11 is 1.56. The molecule has 0 fully saturated rings. The van der Waals surface area contributed by atoms with E-state index in [2.05, 4.69) is 21.4 Å². The van der Waals surface area contributed by atoms with Crippen LogP contribution in [0.25, 0.3) is 10.4 Å². The number of fused-ring (bicyclic) bond motifs is 1. The summed E-state index contributed by atoms with van der Waals surface area (Å²) in [5.74, 6) is 0.0119. The number of halogens is 2. The third kappa shape index (κ3) is 6.57. The van der Waals surface area contributed by atoms with Crippen LogP contribution in [0.1, 0.15) is 28.8 Å². The number of rotatable bonds is 9. The van der Waals surface area contributed by atoms with E-state index in [1.54, 1.807) is 39.8 Å². The molecular formula is C24H29F2N4O2PS. The molecule has 34 heavy (non-hydrogen) atoms. The first kappa shape index (κ1) is 26.2. The van der Waals surface area contributed by atoms with Crippen molar-refractivity contribution in [3.8, 4) is 10.4 Å². The Kier molecular flexibility index (Phi) is 9.08. The maximum atomic E-state index is 13.3. The number of nitrogens with zero attached hydrogens (tertiary/aromatic N) is 1. The molecule has 1 amide bonds. The number of methoxy groups -OCH3 is 1. The number of nitrogens with two attached hydrogens (primary N) is 1. The van der Waals surface area contributed by atoms with Crippen molar-refractivity contribution in [2.75, 3.05) is 31.3 Å². The molecule has 4 N–H and O–H groups in total. The Morgan fingerprint density at radius 2 is 1.97 bits per heavy atom. The quantitative estimate of drug-likeness (QED) is 0.281. The van der Waals surface area contributed by atoms with Gasteiger partial charge in [0, 0.05) is 24.9 Å². The molecule has 0 bridgehead atoms. The highest BCUT2D eigenvalue weighted by Gasteiger charge is 2.24. The van der Waals surface area contributed by atoms with Gasteiger partial charge in [-0.3, -0.25) is 4.79 Å². The number of carbonyl (C=O) groups excluding carboxylic acids is 1. The Morgan fingerprint density at radius 3 is 2.65 bits per heavy atom. The minimum absolute atomic E-state index is 0.00272. The molecule has 0 spiro atoms. The second kappa shape index (κ2) is 11.8. The number of aromatic nitrogens is 1. The zero-order valence-electron chi connectivity index (χ0n) is 19.2. The summed E-state index contributed by atoms with van der Waals surface area (Å²) in [7, 11) is 4.70. The van der Waals surface area contributed by atoms with Gasteiger partial charge in [0.1, 0.15) is 0 Å². The number of alkyl halides is 2. The number of nitrogens with one attached hydrogen (secondary N) is 2. The summed E-state index contributed by atoms with van der Waals surface area (Å²) in [6.07, 6.45) is 2.02. The molecule has 1 unspecified atom stereocenters. The first-order valence-corrected chi connectivity index (χ1v) is 12.2. The third-order valence-corrected chi connectivity index (χ3v) is 6.67. The summed E-state index contributed by atoms with van der Waals surface area (Å²) in [5.41, 5.74) is 6.35. The molecule has 4 rings (SSSR count). The number of carbonyl (C=O) groups is 1. The van der Waals surface area contributed by atoms with Crippen LogP contribution in [0.4, 0.5) is 19.6 Å². The molecule has 0 saturated heterocycles. The highest BCUT2D eigenvalue weighted by molar-refractivity contribution is 7.19. The van der Waals surface area contributed by atoms with Gasteiger partial charge in [-0.25, -0.2) is 4.98 Å². The standard InChI is InChI=1S/C23H24F2N3O2PS.CH5N/c1-30-13-19-21(15-6-9-18-16(11-15)12-20(29)27-18)32-22(28-19)26-10-2-3-14-4-7-17(8-5-14)23(24,25)31;1-2/h4-9,11H,2-3,10,12-13,31H2,1H3,(H,26,28)(H,27,29);2H2,1H3. The third-order valence-electron chi connectivity index (χ3n) is 5.23. The molecule has 3 aromatic rings. The molecule has 2 aromatic carbocycles. The monoisotopic (exact) mass is 506 g/mol. The molecule has 0 radical (unpaired) electrons. The van der Waals surface area contributed by atoms with Gasteiger partial charge >= 0.3 is 0 Å². The molecule has 1 aliphatic rings. The number of aryl methyl sites for hydroxylation is 1. The van der Waals surface area contributed by atoms with Crippen LogP contribution in [-0.4, -0.2) is 31.6 Å². The Labute approximate surface area is 204 Å². The number of hydrogen-bond acceptors (Lipinski definition) is 6. The predicted octanol–water partition coefficient (Wildman–Crippen LogP) is 5.00. The predicted molar refractivity (Wildman–Crippen MR) is 138 cm³/mol. The summed E-state index contributed by atoms with van der Waals surface area (Å²) in [4.78, 5) is 17.3. The van der Waals surface area contributed by atoms with E-state index < -0.39 is 5.66 Å². The van der Waals surface area contributed by atoms with Gasteiger partial charge < -0.3 is 21.1 Å². The average molecular weight is 507 g/mol. The van der Waals surface area contributed by atoms with Crippen LogP contribution in [0, 0.1) is 0 Å². The minimum atomic E-state index is -2.90. The Balaban J connectivity index is 0.00000158. The van der Waals surface area contributed by atoms with Crippen molar-refractivity contribution < 1.29 is 18.3 Å². The van der Waals surface area contributed by atoms with E-state index in [4.69, 9.17) is 4.74 Å². The van der Waals surface area contributed by atoms with Gasteiger partial charge in [-0.15, -0.1) is 0 Å². The Morgan fingerprint density at radius 1 is 1.24 bits per heavy atom. The van der Waals surface area contributed by atoms with Gasteiger partial charge in [-0.05, 0) is 48.7 Å². The van der Waals surface area contributed by atoms with Gasteiger partial charge in [0.15, 0.2) is 5.13 Å². The molecule has 0 saturated carbocycles. The van der Waals surface area contributed by atoms with Crippen molar-refractivity contribution in [3.63, 3.8) is 0 Å². The topological polar surface area (TPSA) is 89.3 Å². The number of hydrogen-bond donors (Lipinski definition) is 3. The van der Waals surface area contributed by atoms with Crippen LogP contribution in [0.2, 0.25) is 0 Å². The fourth-order valence-electron chi connectivity index (χ4n) is 3.64. The highest BCUT2D eigenvalue weighted by Crippen LogP contribution is 2.37. The van der Waals surface area contributed by atoms with Gasteiger partial charge in [0.2, 0.25) is 5.91 Å². The number of ether oxygens (including phenoxy) is 1. The fraction of sp³-hybridized carbons (Fsp3) is 0.333. The maximum Gasteiger partial charge on any atom is 0.283 e. The summed E-state index contributed by atoms with van der Waals surface area (Å²) in [5, 5.41) is 7.02. The second-order valence-corrected chi connectivity index (χ2v) is 9.40. The average Bonchev–Trinajstić information content (AvgIpc) is 3.39. The van der Waals surface area contributed by atoms with Crippen molar-refractivity contribution in [3.05, 3.63) is 64.8 Å². The van der Waals surface area contributed by atoms with E-state index in [0.29, 0.717) is 19.6 Å². The molecule has 1 aromatic heterocycles. The zero-order valence-corrected chi connectivity index (χ0v) is 21.1. The van der Waals surface area contributed by atoms with E-state index in [0.717, 1.165) is 50.9 Å². The van der Waals surface area contributed by atoms with Gasteiger partial charge in [-0.1, -0.05) is 50.9 Å². The summed E-state index contributed by atoms with van der Waals surface area (Å²) < 4.78 is 31.9. The first-order chi connectivity index (χ1) is 16.3. The van der Waals surface area contributed by atoms with Crippen molar-refractivity contribution in [2.45, 2.75) is 31.5 Å². The van der Waals surface area contributed by atoms with E-state index >= 15 is 0 Å². The lowest BCUT2D eigenvalue weighted by molar-refractivity contribution is -0.115. The number of amides is 1. The fourth-order valence-corrected chi connectivity index (χ4v) is 4.82. The molecule has 0 aliphatic carbocycles. The van der Waals surface area contributed by atoms with Crippen LogP contribution < -0.4 is 16.4 Å². The van der Waals surface area contributed by atoms with Gasteiger partial charge in [0.05, 0.1) is 23.6 Å². The molecule has 1 atom stereocenters. The van der Waals surface area contributed by atoms with E-state index in [1.165, 1.54) is 19.2 Å².